The van der Waals surface area contributed by atoms with E-state index in [0.29, 0.717) is 37.1 Å². The van der Waals surface area contributed by atoms with Gasteiger partial charge in [-0.05, 0) is 56.2 Å². The SMILES string of the molecule is COc1ccc(C(=O)N2CCC3(CC2)CC(CCOc2ccncc2)CCO3)c(OC)n1. The molecule has 172 valence electrons. The van der Waals surface area contributed by atoms with Gasteiger partial charge in [0.1, 0.15) is 11.3 Å². The zero-order valence-electron chi connectivity index (χ0n) is 18.8. The molecule has 1 spiro atoms. The fraction of sp³-hybridized carbons (Fsp3) is 0.542. The molecular weight excluding hydrogens is 410 g/mol. The van der Waals surface area contributed by atoms with Crippen LogP contribution in [0.15, 0.2) is 36.7 Å². The van der Waals surface area contributed by atoms with E-state index in [0.717, 1.165) is 44.5 Å². The van der Waals surface area contributed by atoms with E-state index in [9.17, 15) is 4.79 Å². The van der Waals surface area contributed by atoms with Gasteiger partial charge in [-0.25, -0.2) is 0 Å². The molecule has 2 aliphatic heterocycles. The predicted octanol–water partition coefficient (Wildman–Crippen LogP) is 3.36. The molecule has 0 radical (unpaired) electrons. The maximum atomic E-state index is 13.1. The minimum Gasteiger partial charge on any atom is -0.493 e. The third kappa shape index (κ3) is 5.12. The highest BCUT2D eigenvalue weighted by Gasteiger charge is 2.41. The van der Waals surface area contributed by atoms with Gasteiger partial charge in [0, 0.05) is 38.2 Å². The quantitative estimate of drug-likeness (QED) is 0.651. The Morgan fingerprint density at radius 3 is 2.66 bits per heavy atom. The number of pyridine rings is 2. The molecule has 2 aromatic rings. The molecule has 4 rings (SSSR count). The number of amides is 1. The number of rotatable bonds is 7. The van der Waals surface area contributed by atoms with Crippen molar-refractivity contribution in [3.05, 3.63) is 42.2 Å². The van der Waals surface area contributed by atoms with Crippen LogP contribution >= 0.6 is 0 Å². The van der Waals surface area contributed by atoms with Gasteiger partial charge in [-0.1, -0.05) is 0 Å². The highest BCUT2D eigenvalue weighted by molar-refractivity contribution is 5.96. The van der Waals surface area contributed by atoms with E-state index in [-0.39, 0.29) is 17.4 Å². The number of piperidine rings is 1. The second-order valence-electron chi connectivity index (χ2n) is 8.41. The molecule has 2 aromatic heterocycles. The normalized spacial score (nSPS) is 20.1. The van der Waals surface area contributed by atoms with E-state index in [4.69, 9.17) is 18.9 Å². The fourth-order valence-corrected chi connectivity index (χ4v) is 4.65. The summed E-state index contributed by atoms with van der Waals surface area (Å²) in [5.74, 6) is 2.07. The maximum absolute atomic E-state index is 13.1. The molecule has 1 atom stereocenters. The molecule has 0 aliphatic carbocycles. The minimum atomic E-state index is -0.140. The fourth-order valence-electron chi connectivity index (χ4n) is 4.65. The molecule has 32 heavy (non-hydrogen) atoms. The number of aromatic nitrogens is 2. The molecule has 1 unspecified atom stereocenters. The number of ether oxygens (including phenoxy) is 4. The van der Waals surface area contributed by atoms with Crippen LogP contribution in [0.3, 0.4) is 0 Å². The number of nitrogens with zero attached hydrogens (tertiary/aromatic N) is 3. The van der Waals surface area contributed by atoms with Crippen molar-refractivity contribution in [2.24, 2.45) is 5.92 Å². The molecule has 4 heterocycles. The molecule has 2 fully saturated rings. The van der Waals surface area contributed by atoms with Crippen LogP contribution in [0.25, 0.3) is 0 Å². The molecule has 0 saturated carbocycles. The lowest BCUT2D eigenvalue weighted by Gasteiger charge is -2.46. The van der Waals surface area contributed by atoms with Gasteiger partial charge in [0.15, 0.2) is 0 Å². The second-order valence-corrected chi connectivity index (χ2v) is 8.41. The van der Waals surface area contributed by atoms with Gasteiger partial charge >= 0.3 is 0 Å². The molecule has 0 N–H and O–H groups in total. The summed E-state index contributed by atoms with van der Waals surface area (Å²) in [6.07, 6.45) is 8.24. The van der Waals surface area contributed by atoms with E-state index in [2.05, 4.69) is 9.97 Å². The lowest BCUT2D eigenvalue weighted by atomic mass is 9.78. The minimum absolute atomic E-state index is 0.0648. The summed E-state index contributed by atoms with van der Waals surface area (Å²) in [4.78, 5) is 23.2. The summed E-state index contributed by atoms with van der Waals surface area (Å²) in [6.45, 7) is 2.78. The predicted molar refractivity (Wildman–Crippen MR) is 118 cm³/mol. The average molecular weight is 442 g/mol. The van der Waals surface area contributed by atoms with Gasteiger partial charge < -0.3 is 23.8 Å². The Balaban J connectivity index is 1.31. The third-order valence-electron chi connectivity index (χ3n) is 6.47. The van der Waals surface area contributed by atoms with E-state index in [1.807, 2.05) is 17.0 Å². The number of hydrogen-bond donors (Lipinski definition) is 0. The summed E-state index contributed by atoms with van der Waals surface area (Å²) in [5.41, 5.74) is 0.318. The Hall–Kier alpha value is -2.87. The Morgan fingerprint density at radius 1 is 1.16 bits per heavy atom. The summed E-state index contributed by atoms with van der Waals surface area (Å²) < 4.78 is 22.6. The maximum Gasteiger partial charge on any atom is 0.259 e. The molecule has 0 bridgehead atoms. The first-order chi connectivity index (χ1) is 15.6. The number of hydrogen-bond acceptors (Lipinski definition) is 7. The zero-order valence-corrected chi connectivity index (χ0v) is 18.8. The molecular formula is C24H31N3O5. The molecule has 8 heteroatoms. The van der Waals surface area contributed by atoms with Crippen LogP contribution in [0.4, 0.5) is 0 Å². The third-order valence-corrected chi connectivity index (χ3v) is 6.47. The van der Waals surface area contributed by atoms with Crippen molar-refractivity contribution in [1.82, 2.24) is 14.9 Å². The molecule has 2 aliphatic rings. The Kier molecular flexibility index (Phi) is 7.09. The van der Waals surface area contributed by atoms with Crippen LogP contribution in [0.5, 0.6) is 17.5 Å². The molecule has 0 aromatic carbocycles. The molecule has 2 saturated heterocycles. The van der Waals surface area contributed by atoms with Crippen molar-refractivity contribution in [3.63, 3.8) is 0 Å². The van der Waals surface area contributed by atoms with Crippen molar-refractivity contribution in [2.45, 2.75) is 37.7 Å². The highest BCUT2D eigenvalue weighted by atomic mass is 16.5. The van der Waals surface area contributed by atoms with Crippen molar-refractivity contribution in [3.8, 4) is 17.5 Å². The number of carbonyl (C=O) groups is 1. The van der Waals surface area contributed by atoms with E-state index < -0.39 is 0 Å². The smallest absolute Gasteiger partial charge is 0.259 e. The second kappa shape index (κ2) is 10.2. The largest absolute Gasteiger partial charge is 0.493 e. The highest BCUT2D eigenvalue weighted by Crippen LogP contribution is 2.39. The Labute approximate surface area is 188 Å². The summed E-state index contributed by atoms with van der Waals surface area (Å²) >= 11 is 0. The van der Waals surface area contributed by atoms with Crippen LogP contribution < -0.4 is 14.2 Å². The van der Waals surface area contributed by atoms with Crippen molar-refractivity contribution in [2.75, 3.05) is 40.5 Å². The van der Waals surface area contributed by atoms with Gasteiger partial charge in [0.05, 0.1) is 26.4 Å². The lowest BCUT2D eigenvalue weighted by molar-refractivity contribution is -0.125. The average Bonchev–Trinajstić information content (AvgIpc) is 2.84. The van der Waals surface area contributed by atoms with Gasteiger partial charge in [-0.3, -0.25) is 9.78 Å². The van der Waals surface area contributed by atoms with Gasteiger partial charge in [-0.2, -0.15) is 4.98 Å². The van der Waals surface area contributed by atoms with E-state index in [1.165, 1.54) is 14.2 Å². The van der Waals surface area contributed by atoms with Crippen LogP contribution in [-0.4, -0.2) is 66.9 Å². The van der Waals surface area contributed by atoms with Gasteiger partial charge in [0.25, 0.3) is 5.91 Å². The summed E-state index contributed by atoms with van der Waals surface area (Å²) in [5, 5.41) is 0. The number of likely N-dealkylation sites (tertiary alicyclic amines) is 1. The first-order valence-electron chi connectivity index (χ1n) is 11.2. The first kappa shape index (κ1) is 22.3. The van der Waals surface area contributed by atoms with Crippen LogP contribution in [-0.2, 0) is 4.74 Å². The topological polar surface area (TPSA) is 83.0 Å². The Morgan fingerprint density at radius 2 is 1.94 bits per heavy atom. The number of methoxy groups -OCH3 is 2. The van der Waals surface area contributed by atoms with Crippen molar-refractivity contribution in [1.29, 1.82) is 0 Å². The van der Waals surface area contributed by atoms with Gasteiger partial charge in [0.2, 0.25) is 11.8 Å². The number of carbonyl (C=O) groups excluding carboxylic acids is 1. The lowest BCUT2D eigenvalue weighted by Crippen LogP contribution is -2.51. The monoisotopic (exact) mass is 441 g/mol. The van der Waals surface area contributed by atoms with Crippen LogP contribution in [0.2, 0.25) is 0 Å². The van der Waals surface area contributed by atoms with E-state index in [1.54, 1.807) is 24.5 Å². The zero-order chi connectivity index (χ0) is 22.4. The van der Waals surface area contributed by atoms with E-state index >= 15 is 0 Å². The molecule has 1 amide bonds. The van der Waals surface area contributed by atoms with Crippen molar-refractivity contribution >= 4 is 5.91 Å². The summed E-state index contributed by atoms with van der Waals surface area (Å²) in [6, 6.07) is 7.16. The first-order valence-corrected chi connectivity index (χ1v) is 11.2. The van der Waals surface area contributed by atoms with Crippen LogP contribution in [0.1, 0.15) is 42.5 Å². The standard InChI is InChI=1S/C24H31N3O5/c1-29-21-4-3-20(22(26-21)30-2)23(28)27-13-9-24(10-14-27)17-18(8-16-32-24)7-15-31-19-5-11-25-12-6-19/h3-6,11-12,18H,7-10,13-17H2,1-2H3. The van der Waals surface area contributed by atoms with Crippen molar-refractivity contribution < 1.29 is 23.7 Å². The van der Waals surface area contributed by atoms with Crippen LogP contribution in [0, 0.1) is 5.92 Å². The Bertz CT molecular complexity index is 900. The van der Waals surface area contributed by atoms with Gasteiger partial charge in [-0.15, -0.1) is 0 Å². The summed E-state index contributed by atoms with van der Waals surface area (Å²) in [7, 11) is 3.05. The molecule has 8 nitrogen and oxygen atoms in total.